The highest BCUT2D eigenvalue weighted by Gasteiger charge is 2.19. The fourth-order valence-corrected chi connectivity index (χ4v) is 3.57. The van der Waals surface area contributed by atoms with E-state index in [1.807, 2.05) is 0 Å². The first-order chi connectivity index (χ1) is 15.2. The quantitative estimate of drug-likeness (QED) is 0.414. The monoisotopic (exact) mass is 458 g/mol. The molecule has 10 nitrogen and oxygen atoms in total. The average Bonchev–Trinajstić information content (AvgIpc) is 3.08. The van der Waals surface area contributed by atoms with Crippen molar-refractivity contribution in [2.45, 2.75) is 13.5 Å². The van der Waals surface area contributed by atoms with Gasteiger partial charge in [0.05, 0.1) is 25.6 Å². The molecule has 0 saturated carbocycles. The predicted molar refractivity (Wildman–Crippen MR) is 115 cm³/mol. The van der Waals surface area contributed by atoms with Crippen LogP contribution in [0.4, 0.5) is 10.2 Å². The van der Waals surface area contributed by atoms with E-state index in [9.17, 15) is 12.8 Å². The molecule has 166 valence electrons. The van der Waals surface area contributed by atoms with Crippen LogP contribution in [0.2, 0.25) is 0 Å². The molecule has 0 spiro atoms. The maximum atomic E-state index is 13.9. The van der Waals surface area contributed by atoms with E-state index in [1.165, 1.54) is 24.4 Å². The fourth-order valence-electron chi connectivity index (χ4n) is 3.11. The molecule has 0 fully saturated rings. The van der Waals surface area contributed by atoms with Crippen LogP contribution in [-0.4, -0.2) is 45.8 Å². The van der Waals surface area contributed by atoms with Crippen molar-refractivity contribution in [3.63, 3.8) is 0 Å². The zero-order valence-electron chi connectivity index (χ0n) is 17.2. The summed E-state index contributed by atoms with van der Waals surface area (Å²) in [5.41, 5.74) is 8.03. The summed E-state index contributed by atoms with van der Waals surface area (Å²) in [5.74, 6) is 0.182. The lowest BCUT2D eigenvalue weighted by Crippen LogP contribution is -2.07. The van der Waals surface area contributed by atoms with Gasteiger partial charge in [-0.2, -0.15) is 18.4 Å². The Balaban J connectivity index is 1.83. The van der Waals surface area contributed by atoms with Crippen molar-refractivity contribution in [3.8, 4) is 23.1 Å². The number of rotatable bonds is 7. The number of aromatic nitrogens is 5. The van der Waals surface area contributed by atoms with Crippen molar-refractivity contribution < 1.29 is 21.7 Å². The van der Waals surface area contributed by atoms with Crippen molar-refractivity contribution in [2.75, 3.05) is 18.6 Å². The minimum atomic E-state index is -3.63. The largest absolute Gasteiger partial charge is 0.464 e. The lowest BCUT2D eigenvalue weighted by Gasteiger charge is -2.10. The van der Waals surface area contributed by atoms with Crippen LogP contribution >= 0.6 is 0 Å². The molecule has 0 aliphatic rings. The zero-order chi connectivity index (χ0) is 22.9. The summed E-state index contributed by atoms with van der Waals surface area (Å²) >= 11 is 0. The predicted octanol–water partition coefficient (Wildman–Crippen LogP) is 2.40. The van der Waals surface area contributed by atoms with Gasteiger partial charge in [0.15, 0.2) is 17.0 Å². The van der Waals surface area contributed by atoms with E-state index in [0.29, 0.717) is 29.2 Å². The lowest BCUT2D eigenvalue weighted by atomic mass is 10.2. The van der Waals surface area contributed by atoms with Crippen LogP contribution in [0.15, 0.2) is 42.7 Å². The Labute approximate surface area is 183 Å². The van der Waals surface area contributed by atoms with Crippen molar-refractivity contribution in [1.82, 2.24) is 24.5 Å². The molecule has 0 unspecified atom stereocenters. The van der Waals surface area contributed by atoms with Gasteiger partial charge in [-0.25, -0.2) is 9.37 Å². The first-order valence-corrected chi connectivity index (χ1v) is 11.3. The molecule has 32 heavy (non-hydrogen) atoms. The second kappa shape index (κ2) is 8.38. The summed E-state index contributed by atoms with van der Waals surface area (Å²) in [6.07, 6.45) is 3.55. The molecule has 4 rings (SSSR count). The molecule has 0 radical (unpaired) electrons. The molecule has 3 heterocycles. The third-order valence-electron chi connectivity index (χ3n) is 4.35. The second-order valence-corrected chi connectivity index (χ2v) is 8.42. The number of fused-ring (bicyclic) bond motifs is 1. The Kier molecular flexibility index (Phi) is 5.61. The zero-order valence-corrected chi connectivity index (χ0v) is 18.0. The Hall–Kier alpha value is -3.80. The average molecular weight is 458 g/mol. The van der Waals surface area contributed by atoms with E-state index in [2.05, 4.69) is 19.9 Å². The molecule has 1 aromatic carbocycles. The van der Waals surface area contributed by atoms with Gasteiger partial charge in [-0.1, -0.05) is 12.1 Å². The number of nitrogens with two attached hydrogens (primary N) is 1. The number of nitrogen functional groups attached to an aromatic ring is 1. The van der Waals surface area contributed by atoms with Gasteiger partial charge in [-0.3, -0.25) is 4.98 Å². The molecule has 0 amide bonds. The maximum absolute atomic E-state index is 13.9. The third-order valence-corrected chi connectivity index (χ3v) is 4.84. The van der Waals surface area contributed by atoms with Gasteiger partial charge in [0, 0.05) is 11.8 Å². The number of hydrogen-bond donors (Lipinski definition) is 1. The van der Waals surface area contributed by atoms with Crippen LogP contribution in [0.5, 0.6) is 11.8 Å². The van der Waals surface area contributed by atoms with Crippen LogP contribution in [0.1, 0.15) is 12.5 Å². The van der Waals surface area contributed by atoms with Gasteiger partial charge in [0.25, 0.3) is 0 Å². The van der Waals surface area contributed by atoms with Crippen molar-refractivity contribution in [2.24, 2.45) is 0 Å². The summed E-state index contributed by atoms with van der Waals surface area (Å²) in [6.45, 7) is 2.41. The molecule has 0 saturated heterocycles. The Morgan fingerprint density at radius 1 is 1.12 bits per heavy atom. The molecule has 0 bridgehead atoms. The van der Waals surface area contributed by atoms with Crippen molar-refractivity contribution >= 4 is 27.1 Å². The summed E-state index contributed by atoms with van der Waals surface area (Å²) in [7, 11) is -3.63. The van der Waals surface area contributed by atoms with Crippen LogP contribution in [-0.2, 0) is 16.7 Å². The van der Waals surface area contributed by atoms with Crippen molar-refractivity contribution in [1.29, 1.82) is 0 Å². The highest BCUT2D eigenvalue weighted by molar-refractivity contribution is 7.86. The number of pyridine rings is 1. The van der Waals surface area contributed by atoms with Crippen LogP contribution < -0.4 is 14.7 Å². The number of nitrogens with zero attached hydrogens (tertiary/aromatic N) is 5. The van der Waals surface area contributed by atoms with E-state index in [4.69, 9.17) is 14.7 Å². The van der Waals surface area contributed by atoms with Crippen LogP contribution in [0, 0.1) is 5.82 Å². The highest BCUT2D eigenvalue weighted by atomic mass is 32.2. The third kappa shape index (κ3) is 4.59. The molecule has 2 N–H and O–H groups in total. The molecular formula is C20H19FN6O4S. The number of imidazole rings is 1. The molecule has 0 atom stereocenters. The maximum Gasteiger partial charge on any atom is 0.320 e. The van der Waals surface area contributed by atoms with E-state index in [1.54, 1.807) is 23.6 Å². The molecule has 0 aliphatic carbocycles. The molecular weight excluding hydrogens is 439 g/mol. The van der Waals surface area contributed by atoms with Gasteiger partial charge < -0.3 is 19.2 Å². The SMILES string of the molecule is CCOc1nc(N)c2nc(-c3cncc(F)c3)n(Cc3ccc(OS(C)(=O)=O)cc3)c2n1. The number of hydrogen-bond acceptors (Lipinski definition) is 9. The first-order valence-electron chi connectivity index (χ1n) is 9.49. The summed E-state index contributed by atoms with van der Waals surface area (Å²) in [5, 5.41) is 0. The van der Waals surface area contributed by atoms with Gasteiger partial charge in [-0.05, 0) is 30.7 Å². The van der Waals surface area contributed by atoms with Gasteiger partial charge in [0.2, 0.25) is 0 Å². The highest BCUT2D eigenvalue weighted by Crippen LogP contribution is 2.29. The van der Waals surface area contributed by atoms with E-state index < -0.39 is 15.9 Å². The topological polar surface area (TPSA) is 135 Å². The number of ether oxygens (including phenoxy) is 1. The molecule has 0 aliphatic heterocycles. The number of halogens is 1. The van der Waals surface area contributed by atoms with Gasteiger partial charge >= 0.3 is 16.1 Å². The van der Waals surface area contributed by atoms with E-state index in [0.717, 1.165) is 18.0 Å². The fraction of sp³-hybridized carbons (Fsp3) is 0.200. The minimum Gasteiger partial charge on any atom is -0.464 e. The van der Waals surface area contributed by atoms with Gasteiger partial charge in [-0.15, -0.1) is 0 Å². The molecule has 3 aromatic heterocycles. The smallest absolute Gasteiger partial charge is 0.320 e. The Bertz CT molecular complexity index is 1390. The van der Waals surface area contributed by atoms with E-state index >= 15 is 0 Å². The standard InChI is InChI=1S/C20H19FN6O4S/c1-3-30-20-25-17(22)16-19(26-20)27(18(24-16)13-8-14(21)10-23-9-13)11-12-4-6-15(7-5-12)31-32(2,28)29/h4-10H,3,11H2,1-2H3,(H2,22,25,26). The minimum absolute atomic E-state index is 0.0967. The first kappa shape index (κ1) is 21.4. The summed E-state index contributed by atoms with van der Waals surface area (Å²) < 4.78 is 48.5. The number of anilines is 1. The normalized spacial score (nSPS) is 11.6. The molecule has 4 aromatic rings. The van der Waals surface area contributed by atoms with E-state index in [-0.39, 0.29) is 24.1 Å². The molecule has 12 heteroatoms. The Morgan fingerprint density at radius 3 is 2.53 bits per heavy atom. The van der Waals surface area contributed by atoms with Crippen LogP contribution in [0.3, 0.4) is 0 Å². The van der Waals surface area contributed by atoms with Gasteiger partial charge in [0.1, 0.15) is 17.4 Å². The Morgan fingerprint density at radius 2 is 1.88 bits per heavy atom. The summed E-state index contributed by atoms with van der Waals surface area (Å²) in [4.78, 5) is 17.0. The van der Waals surface area contributed by atoms with Crippen molar-refractivity contribution in [3.05, 3.63) is 54.1 Å². The lowest BCUT2D eigenvalue weighted by molar-refractivity contribution is 0.314. The summed E-state index contributed by atoms with van der Waals surface area (Å²) in [6, 6.07) is 7.88. The second-order valence-electron chi connectivity index (χ2n) is 6.84. The number of benzene rings is 1. The van der Waals surface area contributed by atoms with Crippen LogP contribution in [0.25, 0.3) is 22.6 Å².